The molecule has 4 nitrogen and oxygen atoms in total. The molecule has 2 saturated heterocycles. The smallest absolute Gasteiger partial charge is 0.0564 e. The molecule has 0 atom stereocenters. The topological polar surface area (TPSA) is 38.7 Å². The highest BCUT2D eigenvalue weighted by Crippen LogP contribution is 2.09. The van der Waals surface area contributed by atoms with Crippen LogP contribution in [0.4, 0.5) is 0 Å². The fraction of sp³-hybridized carbons (Fsp3) is 1.00. The minimum atomic E-state index is -0.0413. The molecule has 2 N–H and O–H groups in total. The maximum Gasteiger partial charge on any atom is 0.0564 e. The Bertz CT molecular complexity index is 175. The van der Waals surface area contributed by atoms with Gasteiger partial charge in [-0.1, -0.05) is 0 Å². The number of piperidine rings is 1. The number of piperazine rings is 1. The summed E-state index contributed by atoms with van der Waals surface area (Å²) in [5, 5.41) is 12.8. The third-order valence-electron chi connectivity index (χ3n) is 3.50. The van der Waals surface area contributed by atoms with Gasteiger partial charge in [-0.2, -0.15) is 0 Å². The number of likely N-dealkylation sites (tertiary alicyclic amines) is 1. The first kappa shape index (κ1) is 11.3. The van der Waals surface area contributed by atoms with Crippen molar-refractivity contribution in [2.24, 2.45) is 0 Å². The van der Waals surface area contributed by atoms with E-state index in [1.165, 1.54) is 26.2 Å². The van der Waals surface area contributed by atoms with E-state index in [4.69, 9.17) is 0 Å². The highest BCUT2D eigenvalue weighted by molar-refractivity contribution is 4.74. The van der Waals surface area contributed by atoms with E-state index in [2.05, 4.69) is 15.1 Å². The van der Waals surface area contributed by atoms with Crippen LogP contribution in [-0.4, -0.2) is 73.4 Å². The molecule has 2 aliphatic heterocycles. The molecule has 0 amide bonds. The van der Waals surface area contributed by atoms with E-state index in [-0.39, 0.29) is 6.10 Å². The van der Waals surface area contributed by atoms with Crippen LogP contribution in [0.15, 0.2) is 0 Å². The lowest BCUT2D eigenvalue weighted by atomic mass is 10.1. The van der Waals surface area contributed by atoms with Crippen LogP contribution in [0.2, 0.25) is 0 Å². The average molecular weight is 213 g/mol. The number of hydrogen-bond donors (Lipinski definition) is 2. The lowest BCUT2D eigenvalue weighted by Gasteiger charge is -2.33. The van der Waals surface area contributed by atoms with Gasteiger partial charge < -0.3 is 15.3 Å². The first-order valence-electron chi connectivity index (χ1n) is 6.18. The van der Waals surface area contributed by atoms with E-state index in [0.29, 0.717) is 0 Å². The fourth-order valence-corrected chi connectivity index (χ4v) is 2.36. The highest BCUT2D eigenvalue weighted by Gasteiger charge is 2.17. The van der Waals surface area contributed by atoms with Crippen LogP contribution in [0.1, 0.15) is 12.8 Å². The standard InChI is InChI=1S/C11H23N3O/c15-11-1-5-13(6-2-11)9-10-14-7-3-12-4-8-14/h11-12,15H,1-10H2. The first-order valence-corrected chi connectivity index (χ1v) is 6.18. The van der Waals surface area contributed by atoms with Gasteiger partial charge >= 0.3 is 0 Å². The first-order chi connectivity index (χ1) is 7.34. The lowest BCUT2D eigenvalue weighted by molar-refractivity contribution is 0.0757. The molecule has 2 heterocycles. The second kappa shape index (κ2) is 5.80. The van der Waals surface area contributed by atoms with Gasteiger partial charge in [0.15, 0.2) is 0 Å². The van der Waals surface area contributed by atoms with Crippen LogP contribution in [0.25, 0.3) is 0 Å². The number of aliphatic hydroxyl groups is 1. The molecule has 2 fully saturated rings. The van der Waals surface area contributed by atoms with E-state index in [0.717, 1.165) is 39.0 Å². The Hall–Kier alpha value is -0.160. The monoisotopic (exact) mass is 213 g/mol. The molecule has 0 radical (unpaired) electrons. The van der Waals surface area contributed by atoms with Gasteiger partial charge in [0.05, 0.1) is 6.10 Å². The molecule has 0 aliphatic carbocycles. The molecular formula is C11H23N3O. The van der Waals surface area contributed by atoms with Crippen LogP contribution < -0.4 is 5.32 Å². The number of hydrogen-bond acceptors (Lipinski definition) is 4. The second-order valence-electron chi connectivity index (χ2n) is 4.66. The summed E-state index contributed by atoms with van der Waals surface area (Å²) in [5.74, 6) is 0. The van der Waals surface area contributed by atoms with E-state index in [1.807, 2.05) is 0 Å². The van der Waals surface area contributed by atoms with Crippen molar-refractivity contribution in [1.29, 1.82) is 0 Å². The van der Waals surface area contributed by atoms with Gasteiger partial charge in [0.25, 0.3) is 0 Å². The van der Waals surface area contributed by atoms with E-state index in [1.54, 1.807) is 0 Å². The summed E-state index contributed by atoms with van der Waals surface area (Å²) in [6, 6.07) is 0. The summed E-state index contributed by atoms with van der Waals surface area (Å²) < 4.78 is 0. The van der Waals surface area contributed by atoms with Crippen molar-refractivity contribution in [3.05, 3.63) is 0 Å². The third kappa shape index (κ3) is 3.72. The molecular weight excluding hydrogens is 190 g/mol. The quantitative estimate of drug-likeness (QED) is 0.653. The lowest BCUT2D eigenvalue weighted by Crippen LogP contribution is -2.47. The molecule has 0 aromatic carbocycles. The molecule has 0 unspecified atom stereocenters. The summed E-state index contributed by atoms with van der Waals surface area (Å²) in [6.07, 6.45) is 1.88. The summed E-state index contributed by atoms with van der Waals surface area (Å²) in [6.45, 7) is 9.18. The van der Waals surface area contributed by atoms with Crippen LogP contribution in [0, 0.1) is 0 Å². The van der Waals surface area contributed by atoms with Crippen molar-refractivity contribution in [3.63, 3.8) is 0 Å². The van der Waals surface area contributed by atoms with Gasteiger partial charge in [-0.15, -0.1) is 0 Å². The molecule has 0 bridgehead atoms. The molecule has 2 aliphatic rings. The molecule has 4 heteroatoms. The zero-order valence-corrected chi connectivity index (χ0v) is 9.49. The summed E-state index contributed by atoms with van der Waals surface area (Å²) in [4.78, 5) is 5.01. The largest absolute Gasteiger partial charge is 0.393 e. The van der Waals surface area contributed by atoms with Crippen LogP contribution in [0.5, 0.6) is 0 Å². The van der Waals surface area contributed by atoms with E-state index >= 15 is 0 Å². The van der Waals surface area contributed by atoms with Crippen molar-refractivity contribution in [2.75, 3.05) is 52.4 Å². The third-order valence-corrected chi connectivity index (χ3v) is 3.50. The molecule has 0 spiro atoms. The number of rotatable bonds is 3. The molecule has 15 heavy (non-hydrogen) atoms. The summed E-state index contributed by atoms with van der Waals surface area (Å²) in [5.41, 5.74) is 0. The summed E-state index contributed by atoms with van der Waals surface area (Å²) >= 11 is 0. The van der Waals surface area contributed by atoms with Crippen LogP contribution in [0.3, 0.4) is 0 Å². The fourth-order valence-electron chi connectivity index (χ4n) is 2.36. The van der Waals surface area contributed by atoms with Gasteiger partial charge in [-0.3, -0.25) is 4.90 Å². The SMILES string of the molecule is OC1CCN(CCN2CCNCC2)CC1. The van der Waals surface area contributed by atoms with Gasteiger partial charge in [-0.25, -0.2) is 0 Å². The number of nitrogens with one attached hydrogen (secondary N) is 1. The predicted molar refractivity (Wildman–Crippen MR) is 61.0 cm³/mol. The van der Waals surface area contributed by atoms with E-state index < -0.39 is 0 Å². The molecule has 0 aromatic rings. The normalized spacial score (nSPS) is 27.0. The van der Waals surface area contributed by atoms with Crippen molar-refractivity contribution < 1.29 is 5.11 Å². The molecule has 0 saturated carbocycles. The Labute approximate surface area is 92.2 Å². The van der Waals surface area contributed by atoms with Crippen molar-refractivity contribution in [1.82, 2.24) is 15.1 Å². The van der Waals surface area contributed by atoms with Gasteiger partial charge in [0, 0.05) is 52.4 Å². The Morgan fingerprint density at radius 2 is 1.47 bits per heavy atom. The molecule has 88 valence electrons. The minimum absolute atomic E-state index is 0.0413. The predicted octanol–water partition coefficient (Wildman–Crippen LogP) is -0.652. The van der Waals surface area contributed by atoms with Crippen molar-refractivity contribution >= 4 is 0 Å². The number of aliphatic hydroxyl groups excluding tert-OH is 1. The Morgan fingerprint density at radius 3 is 2.07 bits per heavy atom. The minimum Gasteiger partial charge on any atom is -0.393 e. The Kier molecular flexibility index (Phi) is 4.38. The summed E-state index contributed by atoms with van der Waals surface area (Å²) in [7, 11) is 0. The highest BCUT2D eigenvalue weighted by atomic mass is 16.3. The van der Waals surface area contributed by atoms with Gasteiger partial charge in [0.1, 0.15) is 0 Å². The van der Waals surface area contributed by atoms with E-state index in [9.17, 15) is 5.11 Å². The zero-order chi connectivity index (χ0) is 10.5. The number of nitrogens with zero attached hydrogens (tertiary/aromatic N) is 2. The molecule has 0 aromatic heterocycles. The van der Waals surface area contributed by atoms with Crippen molar-refractivity contribution in [3.8, 4) is 0 Å². The van der Waals surface area contributed by atoms with Crippen LogP contribution in [-0.2, 0) is 0 Å². The zero-order valence-electron chi connectivity index (χ0n) is 9.49. The van der Waals surface area contributed by atoms with Crippen LogP contribution >= 0.6 is 0 Å². The second-order valence-corrected chi connectivity index (χ2v) is 4.66. The van der Waals surface area contributed by atoms with Crippen molar-refractivity contribution in [2.45, 2.75) is 18.9 Å². The maximum atomic E-state index is 9.40. The average Bonchev–Trinajstić information content (AvgIpc) is 2.30. The molecule has 2 rings (SSSR count). The maximum absolute atomic E-state index is 9.40. The van der Waals surface area contributed by atoms with Gasteiger partial charge in [-0.05, 0) is 12.8 Å². The van der Waals surface area contributed by atoms with Gasteiger partial charge in [0.2, 0.25) is 0 Å². The Balaban J connectivity index is 1.60. The Morgan fingerprint density at radius 1 is 0.933 bits per heavy atom.